The van der Waals surface area contributed by atoms with Crippen LogP contribution >= 0.6 is 0 Å². The van der Waals surface area contributed by atoms with E-state index in [0.717, 1.165) is 0 Å². The first kappa shape index (κ1) is 22.0. The van der Waals surface area contributed by atoms with Gasteiger partial charge in [0, 0.05) is 16.2 Å². The van der Waals surface area contributed by atoms with Crippen LogP contribution in [0.1, 0.15) is 13.8 Å². The van der Waals surface area contributed by atoms with E-state index < -0.39 is 12.3 Å². The largest absolute Gasteiger partial charge is 0.513 e. The summed E-state index contributed by atoms with van der Waals surface area (Å²) in [4.78, 5) is 24.6. The summed E-state index contributed by atoms with van der Waals surface area (Å²) in [5, 5.41) is 2.07. The lowest BCUT2D eigenvalue weighted by Crippen LogP contribution is -2.13. The number of ether oxygens (including phenoxy) is 5. The number of carbonyl (C=O) groups is 2. The Bertz CT molecular complexity index is 1300. The predicted octanol–water partition coefficient (Wildman–Crippen LogP) is 6.86. The molecule has 0 radical (unpaired) electrons. The molecule has 0 saturated carbocycles. The van der Waals surface area contributed by atoms with Crippen LogP contribution in [0.5, 0.6) is 23.0 Å². The zero-order chi connectivity index (χ0) is 23.2. The van der Waals surface area contributed by atoms with E-state index in [-0.39, 0.29) is 24.7 Å². The molecule has 0 atom stereocenters. The van der Waals surface area contributed by atoms with Gasteiger partial charge in [-0.2, -0.15) is 0 Å². The minimum atomic E-state index is -0.850. The molecule has 0 N–H and O–H groups in total. The van der Waals surface area contributed by atoms with Gasteiger partial charge in [-0.3, -0.25) is 0 Å². The fourth-order valence-corrected chi connectivity index (χ4v) is 3.49. The fourth-order valence-electron chi connectivity index (χ4n) is 3.49. The maximum Gasteiger partial charge on any atom is 0.513 e. The van der Waals surface area contributed by atoms with Crippen molar-refractivity contribution in [3.8, 4) is 23.0 Å². The second kappa shape index (κ2) is 9.91. The van der Waals surface area contributed by atoms with Crippen molar-refractivity contribution in [1.82, 2.24) is 0 Å². The van der Waals surface area contributed by atoms with Crippen LogP contribution in [0, 0.1) is 0 Å². The first-order valence-corrected chi connectivity index (χ1v) is 10.5. The SMILES string of the molecule is CCOC(=O)Oc1c2ccccc2c(OC(=O)OCC)c2c(Oc3ccccc3)cccc12. The van der Waals surface area contributed by atoms with Gasteiger partial charge in [-0.1, -0.05) is 54.6 Å². The van der Waals surface area contributed by atoms with E-state index in [1.807, 2.05) is 30.3 Å². The number of hydrogen-bond acceptors (Lipinski definition) is 7. The standard InChI is InChI=1S/C26H22O7/c1-3-29-25(27)32-23-18-13-8-9-14-19(18)24(33-26(28)30-4-2)22-20(23)15-10-16-21(22)31-17-11-6-5-7-12-17/h5-16H,3-4H2,1-2H3. The highest BCUT2D eigenvalue weighted by molar-refractivity contribution is 6.14. The number of rotatable bonds is 6. The normalized spacial score (nSPS) is 10.6. The van der Waals surface area contributed by atoms with E-state index in [0.29, 0.717) is 33.0 Å². The van der Waals surface area contributed by atoms with Crippen LogP contribution in [0.4, 0.5) is 9.59 Å². The van der Waals surface area contributed by atoms with Gasteiger partial charge < -0.3 is 23.7 Å². The van der Waals surface area contributed by atoms with Crippen LogP contribution in [0.2, 0.25) is 0 Å². The Labute approximate surface area is 190 Å². The number of fused-ring (bicyclic) bond motifs is 2. The van der Waals surface area contributed by atoms with Crippen molar-refractivity contribution < 1.29 is 33.3 Å². The third-order valence-corrected chi connectivity index (χ3v) is 4.78. The van der Waals surface area contributed by atoms with E-state index in [1.54, 1.807) is 56.3 Å². The molecule has 0 aliphatic rings. The Kier molecular flexibility index (Phi) is 6.59. The lowest BCUT2D eigenvalue weighted by atomic mass is 9.99. The quantitative estimate of drug-likeness (QED) is 0.182. The van der Waals surface area contributed by atoms with Crippen molar-refractivity contribution in [2.75, 3.05) is 13.2 Å². The maximum absolute atomic E-state index is 12.3. The summed E-state index contributed by atoms with van der Waals surface area (Å²) in [6, 6.07) is 21.6. The average molecular weight is 446 g/mol. The van der Waals surface area contributed by atoms with Gasteiger partial charge in [0.2, 0.25) is 0 Å². The summed E-state index contributed by atoms with van der Waals surface area (Å²) in [7, 11) is 0. The van der Waals surface area contributed by atoms with Gasteiger partial charge in [0.05, 0.1) is 18.6 Å². The third kappa shape index (κ3) is 4.67. The van der Waals surface area contributed by atoms with E-state index in [1.165, 1.54) is 0 Å². The molecular weight excluding hydrogens is 424 g/mol. The highest BCUT2D eigenvalue weighted by atomic mass is 16.7. The second-order valence-corrected chi connectivity index (χ2v) is 6.87. The third-order valence-electron chi connectivity index (χ3n) is 4.78. The van der Waals surface area contributed by atoms with Crippen LogP contribution in [0.15, 0.2) is 72.8 Å². The van der Waals surface area contributed by atoms with Crippen molar-refractivity contribution in [2.45, 2.75) is 13.8 Å². The molecule has 0 heterocycles. The number of para-hydroxylation sites is 1. The molecule has 168 valence electrons. The van der Waals surface area contributed by atoms with Crippen molar-refractivity contribution in [2.24, 2.45) is 0 Å². The number of hydrogen-bond donors (Lipinski definition) is 0. The molecule has 4 aromatic carbocycles. The van der Waals surface area contributed by atoms with Gasteiger partial charge in [-0.25, -0.2) is 9.59 Å². The lowest BCUT2D eigenvalue weighted by Gasteiger charge is -2.18. The average Bonchev–Trinajstić information content (AvgIpc) is 2.82. The molecule has 0 aromatic heterocycles. The molecule has 0 aliphatic carbocycles. The topological polar surface area (TPSA) is 80.3 Å². The van der Waals surface area contributed by atoms with Crippen LogP contribution in [0.25, 0.3) is 21.5 Å². The van der Waals surface area contributed by atoms with Crippen molar-refractivity contribution in [3.63, 3.8) is 0 Å². The van der Waals surface area contributed by atoms with Gasteiger partial charge in [-0.05, 0) is 32.0 Å². The summed E-state index contributed by atoms with van der Waals surface area (Å²) < 4.78 is 27.4. The maximum atomic E-state index is 12.3. The monoisotopic (exact) mass is 446 g/mol. The highest BCUT2D eigenvalue weighted by Gasteiger charge is 2.23. The summed E-state index contributed by atoms with van der Waals surface area (Å²) in [5.41, 5.74) is 0. The van der Waals surface area contributed by atoms with E-state index in [4.69, 9.17) is 23.7 Å². The van der Waals surface area contributed by atoms with E-state index >= 15 is 0 Å². The summed E-state index contributed by atoms with van der Waals surface area (Å²) >= 11 is 0. The van der Waals surface area contributed by atoms with Crippen LogP contribution in [-0.4, -0.2) is 25.5 Å². The molecule has 4 aromatic rings. The minimum Gasteiger partial charge on any atom is -0.457 e. The highest BCUT2D eigenvalue weighted by Crippen LogP contribution is 2.47. The molecule has 0 bridgehead atoms. The molecule has 0 spiro atoms. The molecule has 0 aliphatic heterocycles. The summed E-state index contributed by atoms with van der Waals surface area (Å²) in [5.74, 6) is 1.51. The molecule has 33 heavy (non-hydrogen) atoms. The van der Waals surface area contributed by atoms with Crippen molar-refractivity contribution >= 4 is 33.9 Å². The molecule has 7 heteroatoms. The summed E-state index contributed by atoms with van der Waals surface area (Å²) in [6.45, 7) is 3.71. The smallest absolute Gasteiger partial charge is 0.457 e. The predicted molar refractivity (Wildman–Crippen MR) is 123 cm³/mol. The van der Waals surface area contributed by atoms with E-state index in [2.05, 4.69) is 0 Å². The first-order valence-electron chi connectivity index (χ1n) is 10.5. The molecular formula is C26H22O7. The first-order chi connectivity index (χ1) is 16.1. The molecule has 7 nitrogen and oxygen atoms in total. The van der Waals surface area contributed by atoms with Gasteiger partial charge in [0.1, 0.15) is 11.5 Å². The lowest BCUT2D eigenvalue weighted by molar-refractivity contribution is 0.103. The van der Waals surface area contributed by atoms with Crippen LogP contribution in [0.3, 0.4) is 0 Å². The van der Waals surface area contributed by atoms with E-state index in [9.17, 15) is 9.59 Å². The molecule has 0 saturated heterocycles. The minimum absolute atomic E-state index is 0.159. The molecule has 0 amide bonds. The van der Waals surface area contributed by atoms with Gasteiger partial charge in [-0.15, -0.1) is 0 Å². The fraction of sp³-hybridized carbons (Fsp3) is 0.154. The van der Waals surface area contributed by atoms with Gasteiger partial charge in [0.15, 0.2) is 11.5 Å². The second-order valence-electron chi connectivity index (χ2n) is 6.87. The Hall–Kier alpha value is -4.26. The summed E-state index contributed by atoms with van der Waals surface area (Å²) in [6.07, 6.45) is -1.69. The van der Waals surface area contributed by atoms with Crippen molar-refractivity contribution in [3.05, 3.63) is 72.8 Å². The van der Waals surface area contributed by atoms with Gasteiger partial charge >= 0.3 is 12.3 Å². The molecule has 0 fully saturated rings. The number of benzene rings is 4. The van der Waals surface area contributed by atoms with Crippen LogP contribution in [-0.2, 0) is 9.47 Å². The van der Waals surface area contributed by atoms with Gasteiger partial charge in [0.25, 0.3) is 0 Å². The molecule has 4 rings (SSSR count). The Balaban J connectivity index is 2.00. The Morgan fingerprint density at radius 2 is 1.18 bits per heavy atom. The zero-order valence-corrected chi connectivity index (χ0v) is 18.2. The molecule has 0 unspecified atom stereocenters. The van der Waals surface area contributed by atoms with Crippen LogP contribution < -0.4 is 14.2 Å². The Morgan fingerprint density at radius 3 is 1.82 bits per heavy atom. The van der Waals surface area contributed by atoms with Crippen molar-refractivity contribution in [1.29, 1.82) is 0 Å². The number of carbonyl (C=O) groups excluding carboxylic acids is 2. The zero-order valence-electron chi connectivity index (χ0n) is 18.2. The Morgan fingerprint density at radius 1 is 0.636 bits per heavy atom.